The van der Waals surface area contributed by atoms with Gasteiger partial charge in [-0.2, -0.15) is 0 Å². The predicted octanol–water partition coefficient (Wildman–Crippen LogP) is 2.81. The van der Waals surface area contributed by atoms with Gasteiger partial charge >= 0.3 is 0 Å². The van der Waals surface area contributed by atoms with Gasteiger partial charge in [-0.1, -0.05) is 0 Å². The Hall–Kier alpha value is -1.91. The number of hydrogen-bond donors (Lipinski definition) is 2. The molecule has 1 aromatic rings. The van der Waals surface area contributed by atoms with E-state index in [2.05, 4.69) is 10.6 Å². The first-order chi connectivity index (χ1) is 9.85. The fraction of sp³-hybridized carbons (Fsp3) is 0.562. The molecule has 5 nitrogen and oxygen atoms in total. The second kappa shape index (κ2) is 7.76. The fourth-order valence-electron chi connectivity index (χ4n) is 1.81. The average molecular weight is 294 g/mol. The van der Waals surface area contributed by atoms with Gasteiger partial charge in [-0.15, -0.1) is 0 Å². The van der Waals surface area contributed by atoms with Crippen LogP contribution < -0.4 is 20.1 Å². The molecule has 0 atom stereocenters. The van der Waals surface area contributed by atoms with E-state index in [4.69, 9.17) is 9.47 Å². The Kier molecular flexibility index (Phi) is 6.34. The Morgan fingerprint density at radius 2 is 1.71 bits per heavy atom. The van der Waals surface area contributed by atoms with E-state index in [1.807, 2.05) is 52.8 Å². The van der Waals surface area contributed by atoms with Crippen LogP contribution in [0.2, 0.25) is 0 Å². The maximum Gasteiger partial charge on any atom is 0.239 e. The van der Waals surface area contributed by atoms with Crippen LogP contribution in [0.15, 0.2) is 18.2 Å². The molecule has 0 aliphatic heterocycles. The molecule has 0 aromatic heterocycles. The van der Waals surface area contributed by atoms with Crippen molar-refractivity contribution in [3.63, 3.8) is 0 Å². The quantitative estimate of drug-likeness (QED) is 0.812. The standard InChI is InChI=1S/C16H26N2O3/c1-6-20-13-9-8-12(10-14(13)21-7-2)17-11-15(19)18-16(3,4)5/h8-10,17H,6-7,11H2,1-5H3,(H,18,19). The molecule has 0 fully saturated rings. The summed E-state index contributed by atoms with van der Waals surface area (Å²) < 4.78 is 11.1. The van der Waals surface area contributed by atoms with E-state index in [0.29, 0.717) is 24.7 Å². The van der Waals surface area contributed by atoms with Crippen molar-refractivity contribution in [1.82, 2.24) is 5.32 Å². The summed E-state index contributed by atoms with van der Waals surface area (Å²) in [5.74, 6) is 1.35. The molecule has 21 heavy (non-hydrogen) atoms. The van der Waals surface area contributed by atoms with E-state index in [1.165, 1.54) is 0 Å². The Morgan fingerprint density at radius 1 is 1.10 bits per heavy atom. The molecule has 0 unspecified atom stereocenters. The molecular weight excluding hydrogens is 268 g/mol. The van der Waals surface area contributed by atoms with Crippen LogP contribution in [0, 0.1) is 0 Å². The van der Waals surface area contributed by atoms with Crippen LogP contribution in [-0.4, -0.2) is 31.2 Å². The van der Waals surface area contributed by atoms with E-state index >= 15 is 0 Å². The number of hydrogen-bond acceptors (Lipinski definition) is 4. The number of ether oxygens (including phenoxy) is 2. The highest BCUT2D eigenvalue weighted by Crippen LogP contribution is 2.30. The van der Waals surface area contributed by atoms with Crippen LogP contribution in [0.3, 0.4) is 0 Å². The Bertz CT molecular complexity index is 467. The molecule has 0 radical (unpaired) electrons. The third-order valence-electron chi connectivity index (χ3n) is 2.51. The number of anilines is 1. The minimum Gasteiger partial charge on any atom is -0.490 e. The van der Waals surface area contributed by atoms with Gasteiger partial charge in [0.1, 0.15) is 0 Å². The van der Waals surface area contributed by atoms with Gasteiger partial charge in [-0.3, -0.25) is 4.79 Å². The summed E-state index contributed by atoms with van der Waals surface area (Å²) in [4.78, 5) is 11.8. The largest absolute Gasteiger partial charge is 0.490 e. The van der Waals surface area contributed by atoms with E-state index < -0.39 is 0 Å². The first-order valence-electron chi connectivity index (χ1n) is 7.30. The van der Waals surface area contributed by atoms with E-state index in [1.54, 1.807) is 0 Å². The summed E-state index contributed by atoms with van der Waals surface area (Å²) in [6, 6.07) is 5.56. The summed E-state index contributed by atoms with van der Waals surface area (Å²) in [5.41, 5.74) is 0.597. The number of nitrogens with one attached hydrogen (secondary N) is 2. The third-order valence-corrected chi connectivity index (χ3v) is 2.51. The second-order valence-corrected chi connectivity index (χ2v) is 5.68. The lowest BCUT2D eigenvalue weighted by Gasteiger charge is -2.21. The average Bonchev–Trinajstić information content (AvgIpc) is 2.37. The highest BCUT2D eigenvalue weighted by molar-refractivity contribution is 5.81. The highest BCUT2D eigenvalue weighted by Gasteiger charge is 2.13. The van der Waals surface area contributed by atoms with Gasteiger partial charge in [0.25, 0.3) is 0 Å². The van der Waals surface area contributed by atoms with Crippen LogP contribution in [0.25, 0.3) is 0 Å². The first-order valence-corrected chi connectivity index (χ1v) is 7.30. The van der Waals surface area contributed by atoms with Crippen molar-refractivity contribution in [1.29, 1.82) is 0 Å². The molecule has 0 saturated carbocycles. The van der Waals surface area contributed by atoms with Gasteiger partial charge in [-0.25, -0.2) is 0 Å². The fourth-order valence-corrected chi connectivity index (χ4v) is 1.81. The summed E-state index contributed by atoms with van der Waals surface area (Å²) in [6.45, 7) is 11.1. The minimum absolute atomic E-state index is 0.0469. The molecule has 0 spiro atoms. The maximum atomic E-state index is 11.8. The monoisotopic (exact) mass is 294 g/mol. The third kappa shape index (κ3) is 6.38. The van der Waals surface area contributed by atoms with Crippen LogP contribution in [0.4, 0.5) is 5.69 Å². The van der Waals surface area contributed by atoms with Gasteiger partial charge in [0, 0.05) is 17.3 Å². The number of amides is 1. The Morgan fingerprint density at radius 3 is 2.29 bits per heavy atom. The first kappa shape index (κ1) is 17.1. The van der Waals surface area contributed by atoms with E-state index in [9.17, 15) is 4.79 Å². The Labute approximate surface area is 127 Å². The zero-order valence-electron chi connectivity index (χ0n) is 13.6. The second-order valence-electron chi connectivity index (χ2n) is 5.68. The topological polar surface area (TPSA) is 59.6 Å². The van der Waals surface area contributed by atoms with E-state index in [0.717, 1.165) is 5.69 Å². The molecule has 0 aliphatic carbocycles. The number of carbonyl (C=O) groups excluding carboxylic acids is 1. The van der Waals surface area contributed by atoms with Crippen molar-refractivity contribution >= 4 is 11.6 Å². The lowest BCUT2D eigenvalue weighted by atomic mass is 10.1. The van der Waals surface area contributed by atoms with Gasteiger partial charge in [0.05, 0.1) is 19.8 Å². The van der Waals surface area contributed by atoms with Crippen LogP contribution in [0.5, 0.6) is 11.5 Å². The molecule has 1 amide bonds. The van der Waals surface area contributed by atoms with Crippen molar-refractivity contribution < 1.29 is 14.3 Å². The van der Waals surface area contributed by atoms with Crippen molar-refractivity contribution in [2.45, 2.75) is 40.2 Å². The molecule has 0 bridgehead atoms. The lowest BCUT2D eigenvalue weighted by Crippen LogP contribution is -2.43. The normalized spacial score (nSPS) is 10.9. The van der Waals surface area contributed by atoms with Crippen molar-refractivity contribution in [2.75, 3.05) is 25.1 Å². The molecule has 0 heterocycles. The highest BCUT2D eigenvalue weighted by atomic mass is 16.5. The SMILES string of the molecule is CCOc1ccc(NCC(=O)NC(C)(C)C)cc1OCC. The summed E-state index contributed by atoms with van der Waals surface area (Å²) >= 11 is 0. The molecule has 0 aliphatic rings. The smallest absolute Gasteiger partial charge is 0.239 e. The number of benzene rings is 1. The summed E-state index contributed by atoms with van der Waals surface area (Å²) in [6.07, 6.45) is 0. The van der Waals surface area contributed by atoms with Crippen molar-refractivity contribution in [3.8, 4) is 11.5 Å². The maximum absolute atomic E-state index is 11.8. The van der Waals surface area contributed by atoms with Crippen molar-refractivity contribution in [2.24, 2.45) is 0 Å². The van der Waals surface area contributed by atoms with Gasteiger partial charge < -0.3 is 20.1 Å². The van der Waals surface area contributed by atoms with Gasteiger partial charge in [0.15, 0.2) is 11.5 Å². The van der Waals surface area contributed by atoms with Gasteiger partial charge in [0.2, 0.25) is 5.91 Å². The zero-order chi connectivity index (χ0) is 15.9. The molecule has 118 valence electrons. The molecule has 1 rings (SSSR count). The van der Waals surface area contributed by atoms with Gasteiger partial charge in [-0.05, 0) is 46.8 Å². The molecule has 2 N–H and O–H groups in total. The van der Waals surface area contributed by atoms with E-state index in [-0.39, 0.29) is 18.0 Å². The summed E-state index contributed by atoms with van der Waals surface area (Å²) in [5, 5.41) is 5.99. The molecule has 0 saturated heterocycles. The Balaban J connectivity index is 2.67. The molecule has 5 heteroatoms. The molecular formula is C16H26N2O3. The minimum atomic E-state index is -0.228. The molecule has 1 aromatic carbocycles. The number of carbonyl (C=O) groups is 1. The zero-order valence-corrected chi connectivity index (χ0v) is 13.6. The van der Waals surface area contributed by atoms with Crippen molar-refractivity contribution in [3.05, 3.63) is 18.2 Å². The summed E-state index contributed by atoms with van der Waals surface area (Å²) in [7, 11) is 0. The van der Waals surface area contributed by atoms with Crippen LogP contribution in [0.1, 0.15) is 34.6 Å². The van der Waals surface area contributed by atoms with Crippen LogP contribution >= 0.6 is 0 Å². The van der Waals surface area contributed by atoms with Crippen LogP contribution in [-0.2, 0) is 4.79 Å². The lowest BCUT2D eigenvalue weighted by molar-refractivity contribution is -0.120. The predicted molar refractivity (Wildman–Crippen MR) is 85.2 cm³/mol. The number of rotatable bonds is 7.